The number of hydrogen-bond donors (Lipinski definition) is 1. The summed E-state index contributed by atoms with van der Waals surface area (Å²) < 4.78 is 2.03. The van der Waals surface area contributed by atoms with E-state index in [0.717, 1.165) is 22.8 Å². The van der Waals surface area contributed by atoms with Crippen molar-refractivity contribution in [2.24, 2.45) is 5.41 Å². The van der Waals surface area contributed by atoms with Gasteiger partial charge in [-0.05, 0) is 38.7 Å². The molecule has 0 radical (unpaired) electrons. The number of anilines is 2. The maximum atomic E-state index is 14.2. The van der Waals surface area contributed by atoms with E-state index in [0.29, 0.717) is 29.5 Å². The summed E-state index contributed by atoms with van der Waals surface area (Å²) in [5.74, 6) is 0.530. The fraction of sp³-hybridized carbons (Fsp3) is 0.423. The summed E-state index contributed by atoms with van der Waals surface area (Å²) in [4.78, 5) is 29.5. The van der Waals surface area contributed by atoms with Crippen molar-refractivity contribution in [2.45, 2.75) is 58.4 Å². The Bertz CT molecular complexity index is 1280. The summed E-state index contributed by atoms with van der Waals surface area (Å²) >= 11 is 0. The number of rotatable bonds is 0. The molecule has 6 nitrogen and oxygen atoms in total. The summed E-state index contributed by atoms with van der Waals surface area (Å²) in [7, 11) is 1.75. The Balaban J connectivity index is 1.97. The van der Waals surface area contributed by atoms with Crippen molar-refractivity contribution in [3.8, 4) is 6.07 Å². The number of hydrogen-bond acceptors (Lipinski definition) is 4. The van der Waals surface area contributed by atoms with Crippen LogP contribution in [-0.4, -0.2) is 23.3 Å². The minimum Gasteiger partial charge on any atom is -0.344 e. The second kappa shape index (κ2) is 6.13. The van der Waals surface area contributed by atoms with E-state index >= 15 is 0 Å². The van der Waals surface area contributed by atoms with Crippen molar-refractivity contribution < 1.29 is 9.59 Å². The second-order valence-corrected chi connectivity index (χ2v) is 11.0. The molecule has 3 aliphatic rings. The number of para-hydroxylation sites is 1. The standard InChI is InChI=1S/C26H28N4O2/c1-24(2,3)30-14-15(13-27)20-22(30)28-17-11-25(4,5)12-19(31)21(17)26(20)16-9-7-8-10-18(16)29(6)23(26)32/h7-10,14,28H,11-12H2,1-6H3/t26-/m0/s1. The zero-order valence-corrected chi connectivity index (χ0v) is 19.5. The van der Waals surface area contributed by atoms with Crippen LogP contribution in [-0.2, 0) is 20.5 Å². The number of nitrogens with zero attached hydrogens (tertiary/aromatic N) is 3. The topological polar surface area (TPSA) is 78.1 Å². The van der Waals surface area contributed by atoms with Crippen molar-refractivity contribution >= 4 is 23.2 Å². The molecule has 0 saturated carbocycles. The molecular weight excluding hydrogens is 400 g/mol. The van der Waals surface area contributed by atoms with Gasteiger partial charge in [-0.3, -0.25) is 9.59 Å². The molecule has 6 heteroatoms. The Kier molecular flexibility index (Phi) is 3.94. The van der Waals surface area contributed by atoms with Crippen LogP contribution in [0.15, 0.2) is 41.7 Å². The van der Waals surface area contributed by atoms with Crippen molar-refractivity contribution in [2.75, 3.05) is 17.3 Å². The SMILES string of the molecule is CN1C(=O)[C@@]2(C3=C(CC(C)(C)CC3=O)Nc3c2c(C#N)cn3C(C)(C)C)c2ccccc21. The number of nitrogens with one attached hydrogen (secondary N) is 1. The third-order valence-electron chi connectivity index (χ3n) is 7.04. The van der Waals surface area contributed by atoms with Gasteiger partial charge in [-0.25, -0.2) is 0 Å². The Morgan fingerprint density at radius 3 is 2.47 bits per heavy atom. The maximum absolute atomic E-state index is 14.2. The number of nitriles is 1. The van der Waals surface area contributed by atoms with Gasteiger partial charge in [0.1, 0.15) is 17.3 Å². The molecule has 3 heterocycles. The fourth-order valence-electron chi connectivity index (χ4n) is 5.80. The minimum atomic E-state index is -1.31. The summed E-state index contributed by atoms with van der Waals surface area (Å²) in [6, 6.07) is 9.97. The average molecular weight is 429 g/mol. The number of carbonyl (C=O) groups is 2. The maximum Gasteiger partial charge on any atom is 0.246 e. The third kappa shape index (κ3) is 2.39. The molecule has 0 saturated heterocycles. The van der Waals surface area contributed by atoms with E-state index in [1.54, 1.807) is 11.9 Å². The number of fused-ring (bicyclic) bond motifs is 5. The van der Waals surface area contributed by atoms with Gasteiger partial charge in [-0.2, -0.15) is 5.26 Å². The van der Waals surface area contributed by atoms with Crippen LogP contribution in [0.25, 0.3) is 0 Å². The van der Waals surface area contributed by atoms with Gasteiger partial charge in [0, 0.05) is 53.3 Å². The lowest BCUT2D eigenvalue weighted by molar-refractivity contribution is -0.124. The lowest BCUT2D eigenvalue weighted by Crippen LogP contribution is -2.49. The Morgan fingerprint density at radius 1 is 1.12 bits per heavy atom. The van der Waals surface area contributed by atoms with Crippen molar-refractivity contribution in [3.05, 3.63) is 58.4 Å². The number of allylic oxidation sites excluding steroid dienone is 1. The van der Waals surface area contributed by atoms with Crippen molar-refractivity contribution in [1.29, 1.82) is 5.26 Å². The highest BCUT2D eigenvalue weighted by Crippen LogP contribution is 2.59. The Labute approximate surface area is 188 Å². The minimum absolute atomic E-state index is 0.0275. The summed E-state index contributed by atoms with van der Waals surface area (Å²) in [6.45, 7) is 10.4. The molecule has 1 aliphatic carbocycles. The van der Waals surface area contributed by atoms with E-state index in [2.05, 4.69) is 46.0 Å². The molecule has 32 heavy (non-hydrogen) atoms. The Morgan fingerprint density at radius 2 is 1.81 bits per heavy atom. The molecule has 0 fully saturated rings. The molecule has 1 spiro atoms. The van der Waals surface area contributed by atoms with Gasteiger partial charge in [-0.1, -0.05) is 32.0 Å². The lowest BCUT2D eigenvalue weighted by atomic mass is 9.61. The van der Waals surface area contributed by atoms with Crippen molar-refractivity contribution in [3.63, 3.8) is 0 Å². The Hall–Kier alpha value is -3.33. The van der Waals surface area contributed by atoms with Gasteiger partial charge in [0.05, 0.1) is 5.56 Å². The lowest BCUT2D eigenvalue weighted by Gasteiger charge is -2.43. The molecule has 0 bridgehead atoms. The van der Waals surface area contributed by atoms with Gasteiger partial charge in [0.25, 0.3) is 0 Å². The highest BCUT2D eigenvalue weighted by atomic mass is 16.2. The zero-order valence-electron chi connectivity index (χ0n) is 19.5. The van der Waals surface area contributed by atoms with Gasteiger partial charge in [-0.15, -0.1) is 0 Å². The molecule has 5 rings (SSSR count). The van der Waals surface area contributed by atoms with Gasteiger partial charge in [0.2, 0.25) is 5.91 Å². The smallest absolute Gasteiger partial charge is 0.246 e. The van der Waals surface area contributed by atoms with E-state index in [1.807, 2.05) is 35.0 Å². The average Bonchev–Trinajstić information content (AvgIpc) is 3.17. The first-order valence-corrected chi connectivity index (χ1v) is 11.0. The number of benzene rings is 1. The van der Waals surface area contributed by atoms with Gasteiger partial charge < -0.3 is 14.8 Å². The number of likely N-dealkylation sites (N-methyl/N-ethyl adjacent to an activating group) is 1. The van der Waals surface area contributed by atoms with Crippen LogP contribution in [0.4, 0.5) is 11.5 Å². The first kappa shape index (κ1) is 20.6. The van der Waals surface area contributed by atoms with Gasteiger partial charge in [0.15, 0.2) is 5.78 Å². The highest BCUT2D eigenvalue weighted by Gasteiger charge is 2.62. The molecule has 2 aromatic rings. The van der Waals surface area contributed by atoms with E-state index in [1.165, 1.54) is 0 Å². The molecule has 1 N–H and O–H groups in total. The third-order valence-corrected chi connectivity index (χ3v) is 7.04. The number of aromatic nitrogens is 1. The summed E-state index contributed by atoms with van der Waals surface area (Å²) in [6.07, 6.45) is 2.85. The molecule has 0 unspecified atom stereocenters. The monoisotopic (exact) mass is 428 g/mol. The summed E-state index contributed by atoms with van der Waals surface area (Å²) in [5, 5.41) is 13.7. The van der Waals surface area contributed by atoms with Crippen LogP contribution in [0.5, 0.6) is 0 Å². The molecule has 1 aromatic carbocycles. The van der Waals surface area contributed by atoms with Gasteiger partial charge >= 0.3 is 0 Å². The molecule has 1 amide bonds. The first-order valence-electron chi connectivity index (χ1n) is 11.0. The molecule has 1 aromatic heterocycles. The first-order chi connectivity index (χ1) is 14.9. The van der Waals surface area contributed by atoms with Crippen molar-refractivity contribution in [1.82, 2.24) is 4.57 Å². The van der Waals surface area contributed by atoms with E-state index in [4.69, 9.17) is 0 Å². The van der Waals surface area contributed by atoms with Crippen LogP contribution in [0, 0.1) is 16.7 Å². The predicted molar refractivity (Wildman–Crippen MR) is 123 cm³/mol. The molecular formula is C26H28N4O2. The predicted octanol–water partition coefficient (Wildman–Crippen LogP) is 4.45. The number of amides is 1. The molecule has 2 aliphatic heterocycles. The zero-order chi connectivity index (χ0) is 23.2. The normalized spacial score (nSPS) is 23.6. The van der Waals surface area contributed by atoms with E-state index < -0.39 is 5.41 Å². The fourth-order valence-corrected chi connectivity index (χ4v) is 5.80. The van der Waals surface area contributed by atoms with Crippen LogP contribution in [0.2, 0.25) is 0 Å². The van der Waals surface area contributed by atoms with Crippen LogP contribution in [0.3, 0.4) is 0 Å². The molecule has 1 atom stereocenters. The van der Waals surface area contributed by atoms with E-state index in [9.17, 15) is 14.9 Å². The van der Waals surface area contributed by atoms with Crippen LogP contribution < -0.4 is 10.2 Å². The number of carbonyl (C=O) groups excluding carboxylic acids is 2. The molecule has 164 valence electrons. The van der Waals surface area contributed by atoms with E-state index in [-0.39, 0.29) is 22.6 Å². The highest BCUT2D eigenvalue weighted by molar-refractivity contribution is 6.21. The number of Topliss-reactive ketones (excluding diaryl/α,β-unsaturated/α-hetero) is 1. The second-order valence-electron chi connectivity index (χ2n) is 11.0. The van der Waals surface area contributed by atoms with Crippen LogP contribution >= 0.6 is 0 Å². The number of ketones is 1. The summed E-state index contributed by atoms with van der Waals surface area (Å²) in [5.41, 5.74) is 2.03. The largest absolute Gasteiger partial charge is 0.344 e. The quantitative estimate of drug-likeness (QED) is 0.673. The van der Waals surface area contributed by atoms with Crippen LogP contribution in [0.1, 0.15) is 64.2 Å².